The van der Waals surface area contributed by atoms with Gasteiger partial charge in [0.15, 0.2) is 0 Å². The summed E-state index contributed by atoms with van der Waals surface area (Å²) in [5.41, 5.74) is 3.67. The van der Waals surface area contributed by atoms with Crippen molar-refractivity contribution in [3.63, 3.8) is 0 Å². The van der Waals surface area contributed by atoms with E-state index in [4.69, 9.17) is 0 Å². The highest BCUT2D eigenvalue weighted by Crippen LogP contribution is 2.36. The van der Waals surface area contributed by atoms with Crippen LogP contribution in [0.15, 0.2) is 53.5 Å². The van der Waals surface area contributed by atoms with Crippen LogP contribution in [0, 0.1) is 0 Å². The highest BCUT2D eigenvalue weighted by Gasteiger charge is 2.35. The van der Waals surface area contributed by atoms with E-state index in [0.717, 1.165) is 17.8 Å². The highest BCUT2D eigenvalue weighted by atomic mass is 16.2. The molecule has 3 heteroatoms. The van der Waals surface area contributed by atoms with Gasteiger partial charge in [-0.2, -0.15) is 0 Å². The number of hydrogen-bond donors (Lipinski definition) is 0. The number of carbonyl (C=O) groups excluding carboxylic acids is 1. The van der Waals surface area contributed by atoms with Crippen molar-refractivity contribution in [1.82, 2.24) is 0 Å². The van der Waals surface area contributed by atoms with E-state index in [0.29, 0.717) is 5.56 Å². The van der Waals surface area contributed by atoms with Gasteiger partial charge in [0.05, 0.1) is 17.3 Å². The maximum atomic E-state index is 12.7. The van der Waals surface area contributed by atoms with Gasteiger partial charge in [0, 0.05) is 18.3 Å². The first-order chi connectivity index (χ1) is 9.34. The quantitative estimate of drug-likeness (QED) is 0.705. The molecule has 0 fully saturated rings. The van der Waals surface area contributed by atoms with E-state index in [-0.39, 0.29) is 11.9 Å². The highest BCUT2D eigenvalue weighted by molar-refractivity contribution is 6.14. The fraction of sp³-hybridized carbons (Fsp3) is 0.125. The van der Waals surface area contributed by atoms with Crippen LogP contribution in [0.2, 0.25) is 0 Å². The summed E-state index contributed by atoms with van der Waals surface area (Å²) in [6.45, 7) is 0. The van der Waals surface area contributed by atoms with Crippen molar-refractivity contribution < 1.29 is 4.79 Å². The average Bonchev–Trinajstić information content (AvgIpc) is 2.76. The number of nitrogens with zero attached hydrogens (tertiary/aromatic N) is 2. The van der Waals surface area contributed by atoms with Crippen molar-refractivity contribution >= 4 is 23.5 Å². The molecule has 0 unspecified atom stereocenters. The zero-order valence-corrected chi connectivity index (χ0v) is 10.3. The fourth-order valence-electron chi connectivity index (χ4n) is 2.86. The molecule has 2 aliphatic rings. The molecule has 0 radical (unpaired) electrons. The van der Waals surface area contributed by atoms with Crippen molar-refractivity contribution in [3.05, 3.63) is 59.7 Å². The second-order valence-corrected chi connectivity index (χ2v) is 4.87. The van der Waals surface area contributed by atoms with E-state index in [9.17, 15) is 4.79 Å². The van der Waals surface area contributed by atoms with Gasteiger partial charge in [-0.15, -0.1) is 0 Å². The molecular weight excluding hydrogens is 236 g/mol. The van der Waals surface area contributed by atoms with Crippen LogP contribution in [0.4, 0.5) is 11.4 Å². The number of hydrogen-bond acceptors (Lipinski definition) is 2. The first-order valence-electron chi connectivity index (χ1n) is 6.39. The Kier molecular flexibility index (Phi) is 2.09. The van der Waals surface area contributed by atoms with E-state index in [1.54, 1.807) is 0 Å². The Morgan fingerprint density at radius 1 is 1.05 bits per heavy atom. The van der Waals surface area contributed by atoms with Gasteiger partial charge in [-0.05, 0) is 23.8 Å². The average molecular weight is 248 g/mol. The molecule has 2 aliphatic heterocycles. The van der Waals surface area contributed by atoms with Crippen LogP contribution in [0.1, 0.15) is 15.9 Å². The van der Waals surface area contributed by atoms with Crippen LogP contribution in [0.5, 0.6) is 0 Å². The van der Waals surface area contributed by atoms with E-state index in [1.807, 2.05) is 53.6 Å². The Labute approximate surface area is 111 Å². The summed E-state index contributed by atoms with van der Waals surface area (Å²) < 4.78 is 0. The zero-order chi connectivity index (χ0) is 12.8. The van der Waals surface area contributed by atoms with E-state index in [2.05, 4.69) is 11.1 Å². The van der Waals surface area contributed by atoms with Gasteiger partial charge in [0.25, 0.3) is 5.91 Å². The number of anilines is 1. The summed E-state index contributed by atoms with van der Waals surface area (Å²) in [4.78, 5) is 19.1. The molecule has 1 amide bonds. The van der Waals surface area contributed by atoms with Crippen LogP contribution in [0.3, 0.4) is 0 Å². The Morgan fingerprint density at radius 3 is 2.79 bits per heavy atom. The first kappa shape index (κ1) is 10.5. The van der Waals surface area contributed by atoms with Crippen molar-refractivity contribution in [2.24, 2.45) is 4.99 Å². The van der Waals surface area contributed by atoms with E-state index < -0.39 is 0 Å². The lowest BCUT2D eigenvalue weighted by molar-refractivity contribution is 0.0987. The van der Waals surface area contributed by atoms with Crippen molar-refractivity contribution in [1.29, 1.82) is 0 Å². The number of aliphatic imine (C=N–C) groups is 1. The van der Waals surface area contributed by atoms with E-state index in [1.165, 1.54) is 5.56 Å². The Morgan fingerprint density at radius 2 is 1.84 bits per heavy atom. The predicted molar refractivity (Wildman–Crippen MR) is 75.3 cm³/mol. The van der Waals surface area contributed by atoms with Gasteiger partial charge >= 0.3 is 0 Å². The van der Waals surface area contributed by atoms with Crippen molar-refractivity contribution in [3.8, 4) is 0 Å². The minimum Gasteiger partial charge on any atom is -0.299 e. The molecule has 4 rings (SSSR count). The number of rotatable bonds is 0. The number of benzene rings is 2. The van der Waals surface area contributed by atoms with Gasteiger partial charge in [-0.1, -0.05) is 30.3 Å². The summed E-state index contributed by atoms with van der Waals surface area (Å²) in [7, 11) is 0. The molecule has 0 bridgehead atoms. The summed E-state index contributed by atoms with van der Waals surface area (Å²) in [5, 5.41) is 0. The third-order valence-corrected chi connectivity index (χ3v) is 3.75. The number of para-hydroxylation sites is 2. The Hall–Kier alpha value is -2.42. The number of carbonyl (C=O) groups is 1. The van der Waals surface area contributed by atoms with Gasteiger partial charge < -0.3 is 0 Å². The SMILES string of the molecule is O=C1c2ccccc2N=C[C@@H]2Cc3ccccc3N12. The maximum absolute atomic E-state index is 12.7. The minimum absolute atomic E-state index is 0.0392. The molecule has 2 aromatic carbocycles. The zero-order valence-electron chi connectivity index (χ0n) is 10.3. The van der Waals surface area contributed by atoms with Crippen molar-refractivity contribution in [2.75, 3.05) is 4.90 Å². The van der Waals surface area contributed by atoms with Crippen LogP contribution in [0.25, 0.3) is 0 Å². The molecule has 92 valence electrons. The molecule has 0 N–H and O–H groups in total. The molecule has 0 spiro atoms. The third kappa shape index (κ3) is 1.45. The molecule has 3 nitrogen and oxygen atoms in total. The van der Waals surface area contributed by atoms with Gasteiger partial charge in [-0.25, -0.2) is 0 Å². The molecule has 0 aliphatic carbocycles. The summed E-state index contributed by atoms with van der Waals surface area (Å²) in [6, 6.07) is 15.6. The molecule has 19 heavy (non-hydrogen) atoms. The normalized spacial score (nSPS) is 19.7. The molecule has 2 aromatic rings. The molecule has 1 atom stereocenters. The Bertz CT molecular complexity index is 705. The topological polar surface area (TPSA) is 32.7 Å². The summed E-state index contributed by atoms with van der Waals surface area (Å²) >= 11 is 0. The van der Waals surface area contributed by atoms with E-state index >= 15 is 0 Å². The van der Waals surface area contributed by atoms with Crippen molar-refractivity contribution in [2.45, 2.75) is 12.5 Å². The lowest BCUT2D eigenvalue weighted by atomic mass is 10.1. The molecular formula is C16H12N2O. The second-order valence-electron chi connectivity index (χ2n) is 4.87. The van der Waals surface area contributed by atoms with Crippen LogP contribution < -0.4 is 4.90 Å². The summed E-state index contributed by atoms with van der Waals surface area (Å²) in [6.07, 6.45) is 2.74. The molecule has 0 saturated carbocycles. The number of amides is 1. The second kappa shape index (κ2) is 3.79. The largest absolute Gasteiger partial charge is 0.299 e. The predicted octanol–water partition coefficient (Wildman–Crippen LogP) is 2.97. The first-order valence-corrected chi connectivity index (χ1v) is 6.39. The molecule has 0 saturated heterocycles. The minimum atomic E-state index is 0.0392. The van der Waals surface area contributed by atoms with Crippen LogP contribution in [-0.4, -0.2) is 18.2 Å². The Balaban J connectivity index is 1.91. The standard InChI is InChI=1S/C16H12N2O/c19-16-13-6-2-3-7-14(13)17-10-12-9-11-5-1-4-8-15(11)18(12)16/h1-8,10,12H,9H2/t12-/m0/s1. The van der Waals surface area contributed by atoms with Gasteiger partial charge in [0.2, 0.25) is 0 Å². The smallest absolute Gasteiger partial charge is 0.261 e. The monoisotopic (exact) mass is 248 g/mol. The fourth-order valence-corrected chi connectivity index (χ4v) is 2.86. The third-order valence-electron chi connectivity index (χ3n) is 3.75. The maximum Gasteiger partial charge on any atom is 0.261 e. The van der Waals surface area contributed by atoms with Gasteiger partial charge in [-0.3, -0.25) is 14.7 Å². The molecule has 0 aromatic heterocycles. The lowest BCUT2D eigenvalue weighted by Crippen LogP contribution is -2.37. The lowest BCUT2D eigenvalue weighted by Gasteiger charge is -2.21. The molecule has 2 heterocycles. The van der Waals surface area contributed by atoms with Crippen LogP contribution >= 0.6 is 0 Å². The van der Waals surface area contributed by atoms with Crippen LogP contribution in [-0.2, 0) is 6.42 Å². The summed E-state index contributed by atoms with van der Waals surface area (Å²) in [5.74, 6) is 0.0445. The number of fused-ring (bicyclic) bond motifs is 4. The van der Waals surface area contributed by atoms with Gasteiger partial charge in [0.1, 0.15) is 0 Å².